The van der Waals surface area contributed by atoms with Crippen molar-refractivity contribution < 1.29 is 4.79 Å². The number of nitrogens with zero attached hydrogens (tertiary/aromatic N) is 1. The van der Waals surface area contributed by atoms with Crippen LogP contribution in [-0.2, 0) is 0 Å². The molecule has 0 saturated heterocycles. The largest absolute Gasteiger partial charge is 0.374 e. The molecule has 2 aromatic rings. The number of ketones is 1. The van der Waals surface area contributed by atoms with E-state index in [1.54, 1.807) is 0 Å². The summed E-state index contributed by atoms with van der Waals surface area (Å²) in [6.07, 6.45) is 0.534. The van der Waals surface area contributed by atoms with E-state index in [0.717, 1.165) is 12.1 Å². The highest BCUT2D eigenvalue weighted by Crippen LogP contribution is 2.18. The average Bonchev–Trinajstić information content (AvgIpc) is 2.44. The van der Waals surface area contributed by atoms with Gasteiger partial charge in [-0.1, -0.05) is 35.9 Å². The van der Waals surface area contributed by atoms with Gasteiger partial charge in [0, 0.05) is 31.3 Å². The van der Waals surface area contributed by atoms with Gasteiger partial charge in [0.2, 0.25) is 0 Å². The van der Waals surface area contributed by atoms with Crippen LogP contribution in [0.5, 0.6) is 0 Å². The Bertz CT molecular complexity index is 608. The van der Waals surface area contributed by atoms with Crippen molar-refractivity contribution in [2.24, 2.45) is 0 Å². The number of aryl methyl sites for hydroxylation is 3. The molecule has 0 aliphatic carbocycles. The Balaban J connectivity index is 1.98. The first-order valence-corrected chi connectivity index (χ1v) is 7.35. The molecule has 0 saturated carbocycles. The van der Waals surface area contributed by atoms with Crippen LogP contribution in [0.4, 0.5) is 5.69 Å². The van der Waals surface area contributed by atoms with Crippen LogP contribution in [-0.4, -0.2) is 19.4 Å². The predicted octanol–water partition coefficient (Wildman–Crippen LogP) is 4.32. The lowest BCUT2D eigenvalue weighted by Crippen LogP contribution is -2.21. The molecule has 0 radical (unpaired) electrons. The first-order chi connectivity index (χ1) is 9.95. The molecule has 21 heavy (non-hydrogen) atoms. The first kappa shape index (κ1) is 15.3. The smallest absolute Gasteiger partial charge is 0.164 e. The number of benzene rings is 2. The van der Waals surface area contributed by atoms with Crippen LogP contribution in [0, 0.1) is 20.8 Å². The van der Waals surface area contributed by atoms with Gasteiger partial charge in [0.15, 0.2) is 5.78 Å². The maximum Gasteiger partial charge on any atom is 0.164 e. The maximum atomic E-state index is 12.2. The summed E-state index contributed by atoms with van der Waals surface area (Å²) >= 11 is 0. The van der Waals surface area contributed by atoms with E-state index in [1.807, 2.05) is 38.2 Å². The molecular formula is C19H23NO. The highest BCUT2D eigenvalue weighted by molar-refractivity contribution is 5.96. The summed E-state index contributed by atoms with van der Waals surface area (Å²) in [6, 6.07) is 14.3. The Labute approximate surface area is 127 Å². The summed E-state index contributed by atoms with van der Waals surface area (Å²) in [7, 11) is 2.04. The Morgan fingerprint density at radius 1 is 0.905 bits per heavy atom. The van der Waals surface area contributed by atoms with Crippen molar-refractivity contribution in [3.63, 3.8) is 0 Å². The quantitative estimate of drug-likeness (QED) is 0.761. The molecule has 2 heteroatoms. The first-order valence-electron chi connectivity index (χ1n) is 7.35. The fourth-order valence-electron chi connectivity index (χ4n) is 2.45. The molecule has 2 aromatic carbocycles. The fraction of sp³-hybridized carbons (Fsp3) is 0.316. The van der Waals surface area contributed by atoms with Crippen molar-refractivity contribution in [1.29, 1.82) is 0 Å². The molecule has 0 spiro atoms. The molecule has 2 rings (SSSR count). The Hall–Kier alpha value is -2.09. The second kappa shape index (κ2) is 6.57. The summed E-state index contributed by atoms with van der Waals surface area (Å²) in [4.78, 5) is 14.3. The lowest BCUT2D eigenvalue weighted by molar-refractivity contribution is 0.0985. The molecule has 2 nitrogen and oxygen atoms in total. The summed E-state index contributed by atoms with van der Waals surface area (Å²) in [5.41, 5.74) is 5.65. The van der Waals surface area contributed by atoms with Crippen molar-refractivity contribution in [3.8, 4) is 0 Å². The van der Waals surface area contributed by atoms with Crippen LogP contribution >= 0.6 is 0 Å². The fourth-order valence-corrected chi connectivity index (χ4v) is 2.45. The molecule has 0 bridgehead atoms. The Kier molecular flexibility index (Phi) is 4.79. The third kappa shape index (κ3) is 4.19. The molecule has 110 valence electrons. The molecule has 0 aliphatic rings. The number of hydrogen-bond acceptors (Lipinski definition) is 2. The Morgan fingerprint density at radius 3 is 2.05 bits per heavy atom. The maximum absolute atomic E-state index is 12.2. The molecule has 0 atom stereocenters. The van der Waals surface area contributed by atoms with Crippen LogP contribution < -0.4 is 4.90 Å². The lowest BCUT2D eigenvalue weighted by Gasteiger charge is -2.20. The van der Waals surface area contributed by atoms with Crippen LogP contribution in [0.25, 0.3) is 0 Å². The van der Waals surface area contributed by atoms with E-state index in [4.69, 9.17) is 0 Å². The molecule has 0 aliphatic heterocycles. The van der Waals surface area contributed by atoms with Crippen molar-refractivity contribution in [2.45, 2.75) is 27.2 Å². The molecule has 0 aromatic heterocycles. The van der Waals surface area contributed by atoms with Gasteiger partial charge in [-0.2, -0.15) is 0 Å². The van der Waals surface area contributed by atoms with Gasteiger partial charge < -0.3 is 4.90 Å². The minimum absolute atomic E-state index is 0.200. The normalized spacial score (nSPS) is 10.5. The minimum Gasteiger partial charge on any atom is -0.374 e. The SMILES string of the molecule is Cc1ccc(C(=O)CCN(C)c2cc(C)cc(C)c2)cc1. The number of carbonyl (C=O) groups is 1. The monoisotopic (exact) mass is 281 g/mol. The van der Waals surface area contributed by atoms with E-state index in [-0.39, 0.29) is 5.78 Å². The average molecular weight is 281 g/mol. The highest BCUT2D eigenvalue weighted by Gasteiger charge is 2.08. The zero-order chi connectivity index (χ0) is 15.4. The summed E-state index contributed by atoms with van der Waals surface area (Å²) in [6.45, 7) is 6.96. The molecule has 0 fully saturated rings. The van der Waals surface area contributed by atoms with E-state index in [9.17, 15) is 4.79 Å². The topological polar surface area (TPSA) is 20.3 Å². The number of Topliss-reactive ketones (excluding diaryl/α,β-unsaturated/α-hetero) is 1. The highest BCUT2D eigenvalue weighted by atomic mass is 16.1. The van der Waals surface area contributed by atoms with Gasteiger partial charge in [0.1, 0.15) is 0 Å². The zero-order valence-electron chi connectivity index (χ0n) is 13.3. The predicted molar refractivity (Wildman–Crippen MR) is 89.3 cm³/mol. The van der Waals surface area contributed by atoms with Crippen molar-refractivity contribution in [2.75, 3.05) is 18.5 Å². The van der Waals surface area contributed by atoms with Crippen molar-refractivity contribution in [3.05, 3.63) is 64.7 Å². The van der Waals surface area contributed by atoms with E-state index in [1.165, 1.54) is 22.4 Å². The molecule has 0 amide bonds. The van der Waals surface area contributed by atoms with Crippen LogP contribution in [0.3, 0.4) is 0 Å². The van der Waals surface area contributed by atoms with E-state index in [2.05, 4.69) is 36.9 Å². The summed E-state index contributed by atoms with van der Waals surface area (Å²) in [5.74, 6) is 0.200. The Morgan fingerprint density at radius 2 is 1.48 bits per heavy atom. The third-order valence-electron chi connectivity index (χ3n) is 3.70. The van der Waals surface area contributed by atoms with Crippen molar-refractivity contribution >= 4 is 11.5 Å². The van der Waals surface area contributed by atoms with Crippen molar-refractivity contribution in [1.82, 2.24) is 0 Å². The van der Waals surface area contributed by atoms with Gasteiger partial charge in [-0.05, 0) is 44.0 Å². The van der Waals surface area contributed by atoms with Crippen LogP contribution in [0.2, 0.25) is 0 Å². The summed E-state index contributed by atoms with van der Waals surface area (Å²) in [5, 5.41) is 0. The number of hydrogen-bond donors (Lipinski definition) is 0. The number of carbonyl (C=O) groups excluding carboxylic acids is 1. The van der Waals surface area contributed by atoms with Gasteiger partial charge in [-0.25, -0.2) is 0 Å². The number of rotatable bonds is 5. The van der Waals surface area contributed by atoms with Gasteiger partial charge in [-0.3, -0.25) is 4.79 Å². The van der Waals surface area contributed by atoms with Gasteiger partial charge in [-0.15, -0.1) is 0 Å². The van der Waals surface area contributed by atoms with Gasteiger partial charge in [0.05, 0.1) is 0 Å². The minimum atomic E-state index is 0.200. The number of anilines is 1. The van der Waals surface area contributed by atoms with E-state index in [0.29, 0.717) is 6.42 Å². The summed E-state index contributed by atoms with van der Waals surface area (Å²) < 4.78 is 0. The molecule has 0 unspecified atom stereocenters. The van der Waals surface area contributed by atoms with Gasteiger partial charge >= 0.3 is 0 Å². The second-order valence-electron chi connectivity index (χ2n) is 5.81. The van der Waals surface area contributed by atoms with Gasteiger partial charge in [0.25, 0.3) is 0 Å². The van der Waals surface area contributed by atoms with E-state index < -0.39 is 0 Å². The molecule has 0 N–H and O–H groups in total. The van der Waals surface area contributed by atoms with Crippen LogP contribution in [0.1, 0.15) is 33.5 Å². The van der Waals surface area contributed by atoms with E-state index >= 15 is 0 Å². The lowest BCUT2D eigenvalue weighted by atomic mass is 10.1. The third-order valence-corrected chi connectivity index (χ3v) is 3.70. The second-order valence-corrected chi connectivity index (χ2v) is 5.81. The molecular weight excluding hydrogens is 258 g/mol. The standard InChI is InChI=1S/C19H23NO/c1-14-5-7-17(8-6-14)19(21)9-10-20(4)18-12-15(2)11-16(3)13-18/h5-8,11-13H,9-10H2,1-4H3. The zero-order valence-corrected chi connectivity index (χ0v) is 13.3. The van der Waals surface area contributed by atoms with Crippen LogP contribution in [0.15, 0.2) is 42.5 Å². The molecule has 0 heterocycles.